The molecular formula is C22H13ClF2N6O4. The van der Waals surface area contributed by atoms with E-state index in [1.165, 1.54) is 43.7 Å². The Bertz CT molecular complexity index is 1610. The molecule has 35 heavy (non-hydrogen) atoms. The summed E-state index contributed by atoms with van der Waals surface area (Å²) in [6.45, 7) is -0.479. The maximum absolute atomic E-state index is 13.3. The number of imidazole rings is 1. The van der Waals surface area contributed by atoms with Crippen LogP contribution in [0.15, 0.2) is 47.5 Å². The second-order valence-corrected chi connectivity index (χ2v) is 7.97. The largest absolute Gasteiger partial charge is 0.586 e. The minimum atomic E-state index is -3.79. The highest BCUT2D eigenvalue weighted by Gasteiger charge is 2.43. The molecule has 13 heteroatoms. The zero-order valence-electron chi connectivity index (χ0n) is 17.8. The molecule has 0 bridgehead atoms. The van der Waals surface area contributed by atoms with Gasteiger partial charge in [0.15, 0.2) is 11.5 Å². The molecule has 176 valence electrons. The zero-order valence-corrected chi connectivity index (χ0v) is 18.5. The summed E-state index contributed by atoms with van der Waals surface area (Å²) in [6.07, 6.45) is -2.48. The second kappa shape index (κ2) is 8.07. The number of anilines is 1. The molecule has 0 unspecified atom stereocenters. The molecule has 1 amide bonds. The fraction of sp³-hybridized carbons (Fsp3) is 0.136. The first kappa shape index (κ1) is 22.3. The van der Waals surface area contributed by atoms with E-state index in [2.05, 4.69) is 24.5 Å². The Labute approximate surface area is 199 Å². The summed E-state index contributed by atoms with van der Waals surface area (Å²) >= 11 is 6.12. The standard InChI is InChI=1S/C22H13ClF2N6O4/c1-30(14-2-3-15-16(7-14)35-22(24,25)34-15)17(32)9-31-21(33)20-19(27-10-28-20)18(29-31)12-4-11(8-26)5-13(23)6-12/h2-7,10H,9H2,1H3,(H,27,28). The topological polar surface area (TPSA) is 126 Å². The molecule has 0 saturated heterocycles. The fourth-order valence-corrected chi connectivity index (χ4v) is 3.83. The van der Waals surface area contributed by atoms with Gasteiger partial charge in [0.1, 0.15) is 23.3 Å². The van der Waals surface area contributed by atoms with E-state index in [-0.39, 0.29) is 44.5 Å². The molecule has 0 radical (unpaired) electrons. The number of nitrogens with zero attached hydrogens (tertiary/aromatic N) is 5. The van der Waals surface area contributed by atoms with Gasteiger partial charge in [-0.15, -0.1) is 8.78 Å². The molecule has 0 saturated carbocycles. The van der Waals surface area contributed by atoms with Crippen molar-refractivity contribution >= 4 is 34.2 Å². The number of ether oxygens (including phenoxy) is 2. The van der Waals surface area contributed by atoms with Crippen molar-refractivity contribution in [2.75, 3.05) is 11.9 Å². The van der Waals surface area contributed by atoms with Gasteiger partial charge in [-0.1, -0.05) is 11.6 Å². The molecule has 0 fully saturated rings. The molecular weight excluding hydrogens is 486 g/mol. The van der Waals surface area contributed by atoms with E-state index in [1.54, 1.807) is 6.07 Å². The van der Waals surface area contributed by atoms with Gasteiger partial charge >= 0.3 is 6.29 Å². The summed E-state index contributed by atoms with van der Waals surface area (Å²) in [5.74, 6) is -0.957. The van der Waals surface area contributed by atoms with Crippen LogP contribution < -0.4 is 19.9 Å². The number of carbonyl (C=O) groups excluding carboxylic acids is 1. The predicted molar refractivity (Wildman–Crippen MR) is 119 cm³/mol. The molecule has 2 aromatic carbocycles. The third kappa shape index (κ3) is 4.02. The van der Waals surface area contributed by atoms with Crippen LogP contribution in [0.4, 0.5) is 14.5 Å². The molecule has 4 aromatic rings. The number of fused-ring (bicyclic) bond motifs is 2. The zero-order chi connectivity index (χ0) is 24.9. The molecule has 10 nitrogen and oxygen atoms in total. The van der Waals surface area contributed by atoms with Crippen molar-refractivity contribution in [3.8, 4) is 28.8 Å². The van der Waals surface area contributed by atoms with E-state index in [0.717, 1.165) is 9.58 Å². The lowest BCUT2D eigenvalue weighted by atomic mass is 10.1. The minimum Gasteiger partial charge on any atom is -0.395 e. The first-order valence-electron chi connectivity index (χ1n) is 9.97. The second-order valence-electron chi connectivity index (χ2n) is 7.53. The third-order valence-electron chi connectivity index (χ3n) is 5.26. The van der Waals surface area contributed by atoms with E-state index in [1.807, 2.05) is 6.07 Å². The highest BCUT2D eigenvalue weighted by molar-refractivity contribution is 6.31. The maximum atomic E-state index is 13.3. The van der Waals surface area contributed by atoms with Crippen LogP contribution in [0.1, 0.15) is 5.56 Å². The minimum absolute atomic E-state index is 0.106. The number of hydrogen-bond acceptors (Lipinski definition) is 7. The molecule has 1 aliphatic rings. The average molecular weight is 499 g/mol. The van der Waals surface area contributed by atoms with Crippen molar-refractivity contribution in [3.05, 3.63) is 63.7 Å². The Morgan fingerprint density at radius 1 is 1.26 bits per heavy atom. The first-order chi connectivity index (χ1) is 16.6. The molecule has 3 heterocycles. The van der Waals surface area contributed by atoms with Gasteiger partial charge in [0.2, 0.25) is 5.91 Å². The Morgan fingerprint density at radius 2 is 2.03 bits per heavy atom. The van der Waals surface area contributed by atoms with E-state index < -0.39 is 24.3 Å². The van der Waals surface area contributed by atoms with Crippen LogP contribution in [0.2, 0.25) is 5.02 Å². The van der Waals surface area contributed by atoms with Gasteiger partial charge in [-0.3, -0.25) is 9.59 Å². The van der Waals surface area contributed by atoms with Crippen LogP contribution in [0.5, 0.6) is 11.5 Å². The van der Waals surface area contributed by atoms with E-state index in [0.29, 0.717) is 5.56 Å². The van der Waals surface area contributed by atoms with Gasteiger partial charge in [0, 0.05) is 29.4 Å². The Hall–Kier alpha value is -4.50. The molecule has 5 rings (SSSR count). The lowest BCUT2D eigenvalue weighted by Gasteiger charge is -2.18. The van der Waals surface area contributed by atoms with Crippen LogP contribution in [0.25, 0.3) is 22.3 Å². The van der Waals surface area contributed by atoms with Crippen molar-refractivity contribution < 1.29 is 23.0 Å². The highest BCUT2D eigenvalue weighted by atomic mass is 35.5. The van der Waals surface area contributed by atoms with Crippen molar-refractivity contribution in [2.24, 2.45) is 0 Å². The van der Waals surface area contributed by atoms with E-state index in [9.17, 15) is 23.6 Å². The Balaban J connectivity index is 1.50. The number of aromatic nitrogens is 4. The predicted octanol–water partition coefficient (Wildman–Crippen LogP) is 3.30. The summed E-state index contributed by atoms with van der Waals surface area (Å²) in [5, 5.41) is 13.9. The number of H-pyrrole nitrogens is 1. The third-order valence-corrected chi connectivity index (χ3v) is 5.48. The van der Waals surface area contributed by atoms with Crippen LogP contribution in [0.3, 0.4) is 0 Å². The summed E-state index contributed by atoms with van der Waals surface area (Å²) in [5.41, 5.74) is 0.928. The van der Waals surface area contributed by atoms with Gasteiger partial charge in [-0.05, 0) is 30.3 Å². The summed E-state index contributed by atoms with van der Waals surface area (Å²) in [7, 11) is 1.41. The Kier molecular flexibility index (Phi) is 5.14. The van der Waals surface area contributed by atoms with Crippen LogP contribution in [-0.4, -0.2) is 39.0 Å². The van der Waals surface area contributed by atoms with Gasteiger partial charge in [-0.2, -0.15) is 10.4 Å². The van der Waals surface area contributed by atoms with Crippen LogP contribution >= 0.6 is 11.6 Å². The molecule has 0 aliphatic carbocycles. The number of rotatable bonds is 4. The summed E-state index contributed by atoms with van der Waals surface area (Å²) in [4.78, 5) is 34.0. The number of nitrogens with one attached hydrogen (secondary N) is 1. The number of carbonyl (C=O) groups is 1. The molecule has 2 aromatic heterocycles. The van der Waals surface area contributed by atoms with Gasteiger partial charge < -0.3 is 19.4 Å². The lowest BCUT2D eigenvalue weighted by Crippen LogP contribution is -2.35. The summed E-state index contributed by atoms with van der Waals surface area (Å²) < 4.78 is 36.3. The van der Waals surface area contributed by atoms with Crippen molar-refractivity contribution in [1.29, 1.82) is 5.26 Å². The highest BCUT2D eigenvalue weighted by Crippen LogP contribution is 2.42. The molecule has 0 spiro atoms. The summed E-state index contributed by atoms with van der Waals surface area (Å²) in [6, 6.07) is 10.4. The van der Waals surface area contributed by atoms with E-state index >= 15 is 0 Å². The van der Waals surface area contributed by atoms with Crippen molar-refractivity contribution in [2.45, 2.75) is 12.8 Å². The number of likely N-dealkylation sites (N-methyl/N-ethyl adjacent to an activating group) is 1. The number of halogens is 3. The lowest BCUT2D eigenvalue weighted by molar-refractivity contribution is -0.286. The maximum Gasteiger partial charge on any atom is 0.586 e. The number of hydrogen-bond donors (Lipinski definition) is 1. The quantitative estimate of drug-likeness (QED) is 0.457. The average Bonchev–Trinajstić information content (AvgIpc) is 3.42. The van der Waals surface area contributed by atoms with E-state index in [4.69, 9.17) is 11.6 Å². The van der Waals surface area contributed by atoms with Gasteiger partial charge in [0.25, 0.3) is 5.56 Å². The molecule has 0 atom stereocenters. The molecule has 1 N–H and O–H groups in total. The fourth-order valence-electron chi connectivity index (χ4n) is 3.60. The first-order valence-corrected chi connectivity index (χ1v) is 10.3. The molecule has 1 aliphatic heterocycles. The number of benzene rings is 2. The SMILES string of the molecule is CN(C(=O)Cn1nc(-c2cc(Cl)cc(C#N)c2)c2nc[nH]c2c1=O)c1ccc2c(c1)OC(F)(F)O2. The van der Waals surface area contributed by atoms with Crippen molar-refractivity contribution in [3.63, 3.8) is 0 Å². The Morgan fingerprint density at radius 3 is 2.80 bits per heavy atom. The van der Waals surface area contributed by atoms with Gasteiger partial charge in [0.05, 0.1) is 18.0 Å². The monoisotopic (exact) mass is 498 g/mol. The smallest absolute Gasteiger partial charge is 0.395 e. The van der Waals surface area contributed by atoms with Gasteiger partial charge in [-0.25, -0.2) is 9.67 Å². The number of alkyl halides is 2. The number of nitriles is 1. The van der Waals surface area contributed by atoms with Crippen LogP contribution in [-0.2, 0) is 11.3 Å². The normalized spacial score (nSPS) is 13.6. The van der Waals surface area contributed by atoms with Crippen LogP contribution in [0, 0.1) is 11.3 Å². The van der Waals surface area contributed by atoms with Crippen molar-refractivity contribution in [1.82, 2.24) is 19.7 Å². The number of amides is 1. The number of aromatic amines is 1.